The van der Waals surface area contributed by atoms with Crippen LogP contribution in [0.15, 0.2) is 24.4 Å². The topological polar surface area (TPSA) is 109 Å². The van der Waals surface area contributed by atoms with Crippen LogP contribution in [0.2, 0.25) is 0 Å². The van der Waals surface area contributed by atoms with Gasteiger partial charge in [0.05, 0.1) is 21.7 Å². The standard InChI is InChI=1S/C19H26N4O5/c1-13-10-22(21-20-13)18(3,4)12-19(5,6)28-16-7-8-17(23(25)26)15(9-16)11-27-14(2)24/h7-10H,11-12H2,1-6H3. The third-order valence-corrected chi connectivity index (χ3v) is 4.16. The smallest absolute Gasteiger partial charge is 0.302 e. The van der Waals surface area contributed by atoms with Crippen LogP contribution in [0.1, 0.15) is 52.3 Å². The third kappa shape index (κ3) is 5.51. The zero-order valence-corrected chi connectivity index (χ0v) is 17.1. The van der Waals surface area contributed by atoms with Crippen LogP contribution in [0.5, 0.6) is 5.75 Å². The highest BCUT2D eigenvalue weighted by Gasteiger charge is 2.33. The lowest BCUT2D eigenvalue weighted by Gasteiger charge is -2.35. The number of aromatic nitrogens is 3. The van der Waals surface area contributed by atoms with Gasteiger partial charge < -0.3 is 9.47 Å². The highest BCUT2D eigenvalue weighted by atomic mass is 16.6. The van der Waals surface area contributed by atoms with E-state index >= 15 is 0 Å². The molecule has 0 unspecified atom stereocenters. The molecule has 0 aliphatic rings. The molecule has 0 saturated carbocycles. The molecule has 2 aromatic rings. The maximum Gasteiger partial charge on any atom is 0.302 e. The number of benzene rings is 1. The van der Waals surface area contributed by atoms with Gasteiger partial charge in [0.15, 0.2) is 0 Å². The molecule has 1 aromatic carbocycles. The summed E-state index contributed by atoms with van der Waals surface area (Å²) in [7, 11) is 0. The number of nitrogens with zero attached hydrogens (tertiary/aromatic N) is 4. The Morgan fingerprint density at radius 3 is 2.50 bits per heavy atom. The zero-order valence-electron chi connectivity index (χ0n) is 17.1. The van der Waals surface area contributed by atoms with Crippen LogP contribution in [-0.2, 0) is 21.7 Å². The molecule has 0 amide bonds. The first-order chi connectivity index (χ1) is 12.9. The van der Waals surface area contributed by atoms with Crippen LogP contribution in [0.25, 0.3) is 0 Å². The summed E-state index contributed by atoms with van der Waals surface area (Å²) >= 11 is 0. The highest BCUT2D eigenvalue weighted by Crippen LogP contribution is 2.32. The van der Waals surface area contributed by atoms with Crippen LogP contribution < -0.4 is 4.74 Å². The first-order valence-electron chi connectivity index (χ1n) is 8.89. The zero-order chi connectivity index (χ0) is 21.1. The number of carbonyl (C=O) groups excluding carboxylic acids is 1. The number of hydrogen-bond acceptors (Lipinski definition) is 7. The van der Waals surface area contributed by atoms with Gasteiger partial charge in [-0.25, -0.2) is 4.68 Å². The van der Waals surface area contributed by atoms with Gasteiger partial charge in [-0.05, 0) is 46.8 Å². The quantitative estimate of drug-likeness (QED) is 0.385. The molecule has 0 spiro atoms. The van der Waals surface area contributed by atoms with Crippen LogP contribution in [0.4, 0.5) is 5.69 Å². The van der Waals surface area contributed by atoms with Gasteiger partial charge in [-0.2, -0.15) is 0 Å². The van der Waals surface area contributed by atoms with Crippen molar-refractivity contribution in [1.29, 1.82) is 0 Å². The molecule has 152 valence electrons. The Balaban J connectivity index is 2.21. The minimum absolute atomic E-state index is 0.121. The van der Waals surface area contributed by atoms with Gasteiger partial charge >= 0.3 is 5.97 Å². The number of nitro groups is 1. The molecular formula is C19H26N4O5. The van der Waals surface area contributed by atoms with Crippen LogP contribution in [0, 0.1) is 17.0 Å². The highest BCUT2D eigenvalue weighted by molar-refractivity contribution is 5.66. The number of hydrogen-bond donors (Lipinski definition) is 0. The molecular weight excluding hydrogens is 364 g/mol. The largest absolute Gasteiger partial charge is 0.488 e. The average Bonchev–Trinajstić information content (AvgIpc) is 2.98. The number of esters is 1. The van der Waals surface area contributed by atoms with Gasteiger partial charge in [-0.3, -0.25) is 14.9 Å². The Hall–Kier alpha value is -2.97. The Morgan fingerprint density at radius 1 is 1.29 bits per heavy atom. The maximum atomic E-state index is 11.2. The molecule has 9 nitrogen and oxygen atoms in total. The number of aryl methyl sites for hydroxylation is 1. The Kier molecular flexibility index (Phi) is 6.06. The predicted molar refractivity (Wildman–Crippen MR) is 102 cm³/mol. The van der Waals surface area contributed by atoms with E-state index in [4.69, 9.17) is 9.47 Å². The summed E-state index contributed by atoms with van der Waals surface area (Å²) in [4.78, 5) is 21.8. The number of nitro benzene ring substituents is 1. The molecule has 0 atom stereocenters. The Morgan fingerprint density at radius 2 is 1.96 bits per heavy atom. The van der Waals surface area contributed by atoms with E-state index in [1.807, 2.05) is 40.8 Å². The third-order valence-electron chi connectivity index (χ3n) is 4.16. The summed E-state index contributed by atoms with van der Waals surface area (Å²) < 4.78 is 12.9. The van der Waals surface area contributed by atoms with E-state index in [1.165, 1.54) is 19.1 Å². The van der Waals surface area contributed by atoms with E-state index in [0.717, 1.165) is 5.69 Å². The van der Waals surface area contributed by atoms with Crippen molar-refractivity contribution in [3.05, 3.63) is 45.8 Å². The maximum absolute atomic E-state index is 11.2. The summed E-state index contributed by atoms with van der Waals surface area (Å²) in [5.41, 5.74) is 0.0337. The van der Waals surface area contributed by atoms with E-state index in [2.05, 4.69) is 10.3 Å². The number of carbonyl (C=O) groups is 1. The Bertz CT molecular complexity index is 873. The van der Waals surface area contributed by atoms with Crippen molar-refractivity contribution < 1.29 is 19.2 Å². The first-order valence-corrected chi connectivity index (χ1v) is 8.89. The van der Waals surface area contributed by atoms with E-state index in [-0.39, 0.29) is 23.4 Å². The van der Waals surface area contributed by atoms with Gasteiger partial charge in [-0.15, -0.1) is 5.10 Å². The molecule has 0 fully saturated rings. The average molecular weight is 390 g/mol. The lowest BCUT2D eigenvalue weighted by atomic mass is 9.89. The molecule has 1 heterocycles. The fourth-order valence-electron chi connectivity index (χ4n) is 3.22. The summed E-state index contributed by atoms with van der Waals surface area (Å²) in [5.74, 6) is -0.0471. The van der Waals surface area contributed by atoms with Crippen molar-refractivity contribution in [1.82, 2.24) is 15.0 Å². The Labute approximate surface area is 163 Å². The van der Waals surface area contributed by atoms with E-state index in [1.54, 1.807) is 10.7 Å². The lowest BCUT2D eigenvalue weighted by Crippen LogP contribution is -2.40. The van der Waals surface area contributed by atoms with Crippen LogP contribution >= 0.6 is 0 Å². The van der Waals surface area contributed by atoms with Crippen molar-refractivity contribution in [2.45, 2.75) is 65.7 Å². The SMILES string of the molecule is CC(=O)OCc1cc(OC(C)(C)CC(C)(C)n2cc(C)nn2)ccc1[N+](=O)[O-]. The predicted octanol–water partition coefficient (Wildman–Crippen LogP) is 3.54. The van der Waals surface area contributed by atoms with Crippen molar-refractivity contribution >= 4 is 11.7 Å². The molecule has 0 radical (unpaired) electrons. The molecule has 28 heavy (non-hydrogen) atoms. The van der Waals surface area contributed by atoms with Gasteiger partial charge in [0.1, 0.15) is 18.0 Å². The number of rotatable bonds is 8. The molecule has 0 N–H and O–H groups in total. The summed E-state index contributed by atoms with van der Waals surface area (Å²) in [5, 5.41) is 19.4. The fourth-order valence-corrected chi connectivity index (χ4v) is 3.22. The minimum Gasteiger partial charge on any atom is -0.488 e. The van der Waals surface area contributed by atoms with E-state index in [9.17, 15) is 14.9 Å². The summed E-state index contributed by atoms with van der Waals surface area (Å²) in [6.45, 7) is 10.9. The molecule has 0 saturated heterocycles. The molecule has 9 heteroatoms. The second kappa shape index (κ2) is 7.95. The van der Waals surface area contributed by atoms with Gasteiger partial charge in [0.2, 0.25) is 0 Å². The first kappa shape index (κ1) is 21.3. The second-order valence-corrected chi connectivity index (χ2v) is 7.98. The molecule has 0 bridgehead atoms. The summed E-state index contributed by atoms with van der Waals surface area (Å²) in [6.07, 6.45) is 2.48. The van der Waals surface area contributed by atoms with Crippen molar-refractivity contribution in [2.24, 2.45) is 0 Å². The molecule has 0 aliphatic carbocycles. The van der Waals surface area contributed by atoms with Crippen LogP contribution in [-0.4, -0.2) is 31.5 Å². The van der Waals surface area contributed by atoms with Crippen LogP contribution in [0.3, 0.4) is 0 Å². The molecule has 2 rings (SSSR count). The fraction of sp³-hybridized carbons (Fsp3) is 0.526. The monoisotopic (exact) mass is 390 g/mol. The van der Waals surface area contributed by atoms with Crippen molar-refractivity contribution in [3.63, 3.8) is 0 Å². The lowest BCUT2D eigenvalue weighted by molar-refractivity contribution is -0.385. The molecule has 1 aromatic heterocycles. The van der Waals surface area contributed by atoms with Gasteiger partial charge in [0.25, 0.3) is 5.69 Å². The van der Waals surface area contributed by atoms with Gasteiger partial charge in [-0.1, -0.05) is 5.21 Å². The normalized spacial score (nSPS) is 11.9. The van der Waals surface area contributed by atoms with Crippen molar-refractivity contribution in [3.8, 4) is 5.75 Å². The number of ether oxygens (including phenoxy) is 2. The second-order valence-electron chi connectivity index (χ2n) is 7.98. The molecule has 0 aliphatic heterocycles. The van der Waals surface area contributed by atoms with Crippen molar-refractivity contribution in [2.75, 3.05) is 0 Å². The minimum atomic E-state index is -0.599. The van der Waals surface area contributed by atoms with Gasteiger partial charge in [0, 0.05) is 25.6 Å². The summed E-state index contributed by atoms with van der Waals surface area (Å²) in [6, 6.07) is 4.44. The van der Waals surface area contributed by atoms with E-state index < -0.39 is 16.5 Å². The van der Waals surface area contributed by atoms with E-state index in [0.29, 0.717) is 12.2 Å².